The van der Waals surface area contributed by atoms with E-state index in [9.17, 15) is 9.59 Å². The van der Waals surface area contributed by atoms with Crippen molar-refractivity contribution in [2.75, 3.05) is 6.61 Å². The van der Waals surface area contributed by atoms with Gasteiger partial charge in [-0.3, -0.25) is 25.1 Å². The summed E-state index contributed by atoms with van der Waals surface area (Å²) in [5.41, 5.74) is 8.04. The largest absolute Gasteiger partial charge is 0.483 e. The topological polar surface area (TPSA) is 85.2 Å². The summed E-state index contributed by atoms with van der Waals surface area (Å²) in [6.07, 6.45) is 0. The van der Waals surface area contributed by atoms with Crippen LogP contribution in [-0.2, 0) is 16.1 Å². The second kappa shape index (κ2) is 8.02. The first-order valence-electron chi connectivity index (χ1n) is 7.74. The molecule has 25 heavy (non-hydrogen) atoms. The number of rotatable bonds is 5. The van der Waals surface area contributed by atoms with Crippen molar-refractivity contribution >= 4 is 23.4 Å². The van der Waals surface area contributed by atoms with E-state index >= 15 is 0 Å². The summed E-state index contributed by atoms with van der Waals surface area (Å²) in [6.45, 7) is 7.21. The number of benzene rings is 1. The quantitative estimate of drug-likeness (QED) is 0.794. The molecule has 8 heteroatoms. The Morgan fingerprint density at radius 1 is 1.08 bits per heavy atom. The zero-order valence-electron chi connectivity index (χ0n) is 14.6. The van der Waals surface area contributed by atoms with Crippen LogP contribution in [0.5, 0.6) is 5.75 Å². The molecule has 2 aromatic rings. The maximum atomic E-state index is 11.9. The zero-order chi connectivity index (χ0) is 18.6. The van der Waals surface area contributed by atoms with Gasteiger partial charge < -0.3 is 4.74 Å². The zero-order valence-corrected chi connectivity index (χ0v) is 15.4. The molecule has 0 saturated heterocycles. The molecule has 0 fully saturated rings. The molecule has 1 aromatic heterocycles. The molecule has 7 nitrogen and oxygen atoms in total. The minimum atomic E-state index is -0.463. The van der Waals surface area contributed by atoms with Crippen molar-refractivity contribution in [3.05, 3.63) is 45.7 Å². The summed E-state index contributed by atoms with van der Waals surface area (Å²) in [5.74, 6) is -0.234. The van der Waals surface area contributed by atoms with Crippen LogP contribution in [0.1, 0.15) is 22.5 Å². The van der Waals surface area contributed by atoms with Crippen molar-refractivity contribution < 1.29 is 14.3 Å². The van der Waals surface area contributed by atoms with Crippen LogP contribution in [0.3, 0.4) is 0 Å². The molecule has 134 valence electrons. The van der Waals surface area contributed by atoms with E-state index in [-0.39, 0.29) is 19.1 Å². The van der Waals surface area contributed by atoms with Crippen LogP contribution in [0.15, 0.2) is 18.2 Å². The highest BCUT2D eigenvalue weighted by Crippen LogP contribution is 2.26. The van der Waals surface area contributed by atoms with Gasteiger partial charge >= 0.3 is 0 Å². The van der Waals surface area contributed by atoms with Crippen LogP contribution < -0.4 is 15.6 Å². The smallest absolute Gasteiger partial charge is 0.276 e. The predicted molar refractivity (Wildman–Crippen MR) is 94.4 cm³/mol. The van der Waals surface area contributed by atoms with Gasteiger partial charge in [0.25, 0.3) is 11.8 Å². The van der Waals surface area contributed by atoms with Crippen molar-refractivity contribution in [1.82, 2.24) is 20.6 Å². The van der Waals surface area contributed by atoms with Crippen molar-refractivity contribution in [2.45, 2.75) is 34.2 Å². The van der Waals surface area contributed by atoms with Gasteiger partial charge in [0.05, 0.1) is 5.69 Å². The molecule has 0 aliphatic heterocycles. The van der Waals surface area contributed by atoms with Crippen LogP contribution in [-0.4, -0.2) is 28.2 Å². The lowest BCUT2D eigenvalue weighted by molar-refractivity contribution is -0.130. The monoisotopic (exact) mass is 364 g/mol. The fraction of sp³-hybridized carbons (Fsp3) is 0.353. The molecule has 2 N–H and O–H groups in total. The van der Waals surface area contributed by atoms with Gasteiger partial charge in [0, 0.05) is 10.7 Å². The molecule has 1 aromatic carbocycles. The highest BCUT2D eigenvalue weighted by Gasteiger charge is 2.11. The number of ether oxygens (including phenoxy) is 1. The standard InChI is InChI=1S/C17H21ClN4O3/c1-10-5-14(18)6-11(2)17(10)25-9-16(24)20-19-15(23)8-22-13(4)7-12(3)21-22/h5-7H,8-9H2,1-4H3,(H,19,23)(H,20,24). The summed E-state index contributed by atoms with van der Waals surface area (Å²) < 4.78 is 7.08. The van der Waals surface area contributed by atoms with E-state index in [0.29, 0.717) is 10.8 Å². The first kappa shape index (κ1) is 18.8. The Labute approximate surface area is 151 Å². The summed E-state index contributed by atoms with van der Waals surface area (Å²) in [4.78, 5) is 23.7. The highest BCUT2D eigenvalue weighted by molar-refractivity contribution is 6.30. The van der Waals surface area contributed by atoms with E-state index in [2.05, 4.69) is 16.0 Å². The normalized spacial score (nSPS) is 10.4. The lowest BCUT2D eigenvalue weighted by Crippen LogP contribution is -2.45. The van der Waals surface area contributed by atoms with Crippen molar-refractivity contribution in [2.24, 2.45) is 0 Å². The minimum absolute atomic E-state index is 0.0240. The third kappa shape index (κ3) is 5.22. The van der Waals surface area contributed by atoms with Gasteiger partial charge in [-0.2, -0.15) is 5.10 Å². The molecule has 0 spiro atoms. The molecular weight excluding hydrogens is 344 g/mol. The van der Waals surface area contributed by atoms with Crippen LogP contribution in [0, 0.1) is 27.7 Å². The molecule has 2 rings (SSSR count). The molecular formula is C17H21ClN4O3. The molecule has 0 radical (unpaired) electrons. The van der Waals surface area contributed by atoms with Crippen LogP contribution in [0.4, 0.5) is 0 Å². The molecule has 0 aliphatic rings. The Morgan fingerprint density at radius 3 is 2.24 bits per heavy atom. The fourth-order valence-corrected chi connectivity index (χ4v) is 2.78. The van der Waals surface area contributed by atoms with Gasteiger partial charge in [-0.1, -0.05) is 11.6 Å². The Morgan fingerprint density at radius 2 is 1.68 bits per heavy atom. The average Bonchev–Trinajstić information content (AvgIpc) is 2.81. The maximum absolute atomic E-state index is 11.9. The second-order valence-corrected chi connectivity index (χ2v) is 6.27. The van der Waals surface area contributed by atoms with Crippen LogP contribution in [0.2, 0.25) is 5.02 Å². The Hall–Kier alpha value is -2.54. The van der Waals surface area contributed by atoms with E-state index < -0.39 is 5.91 Å². The number of hydrazine groups is 1. The molecule has 2 amide bonds. The number of hydrogen-bond donors (Lipinski definition) is 2. The van der Waals surface area contributed by atoms with E-state index in [1.54, 1.807) is 16.8 Å². The van der Waals surface area contributed by atoms with Crippen LogP contribution in [0.25, 0.3) is 0 Å². The second-order valence-electron chi connectivity index (χ2n) is 5.84. The van der Waals surface area contributed by atoms with E-state index in [1.807, 2.05) is 33.8 Å². The number of nitrogens with zero attached hydrogens (tertiary/aromatic N) is 2. The average molecular weight is 365 g/mol. The molecule has 0 saturated carbocycles. The molecule has 1 heterocycles. The fourth-order valence-electron chi connectivity index (χ4n) is 2.45. The summed E-state index contributed by atoms with van der Waals surface area (Å²) in [6, 6.07) is 5.40. The van der Waals surface area contributed by atoms with Gasteiger partial charge in [0.15, 0.2) is 6.61 Å². The predicted octanol–water partition coefficient (Wildman–Crippen LogP) is 2.00. The van der Waals surface area contributed by atoms with Crippen molar-refractivity contribution in [3.8, 4) is 5.75 Å². The number of halogens is 1. The van der Waals surface area contributed by atoms with Crippen molar-refractivity contribution in [1.29, 1.82) is 0 Å². The van der Waals surface area contributed by atoms with E-state index in [4.69, 9.17) is 16.3 Å². The number of aryl methyl sites for hydroxylation is 4. The number of aromatic nitrogens is 2. The Bertz CT molecular complexity index is 778. The molecule has 0 bridgehead atoms. The van der Waals surface area contributed by atoms with Crippen molar-refractivity contribution in [3.63, 3.8) is 0 Å². The molecule has 0 atom stereocenters. The molecule has 0 aliphatic carbocycles. The van der Waals surface area contributed by atoms with E-state index in [0.717, 1.165) is 22.5 Å². The third-order valence-electron chi connectivity index (χ3n) is 3.51. The Kier molecular flexibility index (Phi) is 6.03. The number of amides is 2. The van der Waals surface area contributed by atoms with Gasteiger partial charge in [0.2, 0.25) is 0 Å². The Balaban J connectivity index is 1.81. The van der Waals surface area contributed by atoms with Gasteiger partial charge in [-0.15, -0.1) is 0 Å². The van der Waals surface area contributed by atoms with Gasteiger partial charge in [-0.25, -0.2) is 0 Å². The first-order valence-corrected chi connectivity index (χ1v) is 8.12. The minimum Gasteiger partial charge on any atom is -0.483 e. The number of carbonyl (C=O) groups excluding carboxylic acids is 2. The van der Waals surface area contributed by atoms with Gasteiger partial charge in [0.1, 0.15) is 12.3 Å². The highest BCUT2D eigenvalue weighted by atomic mass is 35.5. The summed E-state index contributed by atoms with van der Waals surface area (Å²) in [5, 5.41) is 4.80. The van der Waals surface area contributed by atoms with Gasteiger partial charge in [-0.05, 0) is 57.0 Å². The molecule has 0 unspecified atom stereocenters. The number of nitrogens with one attached hydrogen (secondary N) is 2. The lowest BCUT2D eigenvalue weighted by Gasteiger charge is -2.13. The van der Waals surface area contributed by atoms with Crippen LogP contribution >= 0.6 is 11.6 Å². The van der Waals surface area contributed by atoms with E-state index in [1.165, 1.54) is 0 Å². The summed E-state index contributed by atoms with van der Waals surface area (Å²) in [7, 11) is 0. The first-order chi connectivity index (χ1) is 11.8. The number of hydrogen-bond acceptors (Lipinski definition) is 4. The summed E-state index contributed by atoms with van der Waals surface area (Å²) >= 11 is 5.96. The SMILES string of the molecule is Cc1cc(C)n(CC(=O)NNC(=O)COc2c(C)cc(Cl)cc2C)n1. The number of carbonyl (C=O) groups is 2. The maximum Gasteiger partial charge on any atom is 0.276 e. The third-order valence-corrected chi connectivity index (χ3v) is 3.73. The lowest BCUT2D eigenvalue weighted by atomic mass is 10.1.